The molecule has 0 saturated carbocycles. The molecule has 13 heavy (non-hydrogen) atoms. The minimum Gasteiger partial charge on any atom is -0.396 e. The topological polar surface area (TPSA) is 46.2 Å². The van der Waals surface area contributed by atoms with E-state index in [1.165, 1.54) is 4.88 Å². The zero-order chi connectivity index (χ0) is 9.90. The average Bonchev–Trinajstić information content (AvgIpc) is 2.52. The van der Waals surface area contributed by atoms with Crippen LogP contribution in [-0.2, 0) is 5.41 Å². The lowest BCUT2D eigenvalue weighted by Gasteiger charge is -2.25. The third-order valence-electron chi connectivity index (χ3n) is 2.28. The maximum Gasteiger partial charge on any atom is 0.0440 e. The molecule has 1 aromatic rings. The second kappa shape index (κ2) is 4.55. The largest absolute Gasteiger partial charge is 0.396 e. The Hall–Kier alpha value is 0.1000. The van der Waals surface area contributed by atoms with Crippen LogP contribution < -0.4 is 5.73 Å². The number of hydrogen-bond donors (Lipinski definition) is 2. The Morgan fingerprint density at radius 3 is 2.77 bits per heavy atom. The third-order valence-corrected chi connectivity index (χ3v) is 4.27. The molecule has 1 unspecified atom stereocenters. The van der Waals surface area contributed by atoms with Gasteiger partial charge in [-0.05, 0) is 28.4 Å². The summed E-state index contributed by atoms with van der Waals surface area (Å²) in [5.41, 5.74) is 5.64. The van der Waals surface area contributed by atoms with E-state index < -0.39 is 0 Å². The van der Waals surface area contributed by atoms with E-state index in [0.717, 1.165) is 10.9 Å². The van der Waals surface area contributed by atoms with Crippen molar-refractivity contribution in [1.29, 1.82) is 0 Å². The van der Waals surface area contributed by atoms with Crippen molar-refractivity contribution in [2.75, 3.05) is 13.2 Å². The molecule has 0 radical (unpaired) electrons. The van der Waals surface area contributed by atoms with E-state index in [1.54, 1.807) is 11.3 Å². The normalized spacial score (nSPS) is 15.7. The molecule has 1 atom stereocenters. The first-order chi connectivity index (χ1) is 6.12. The molecule has 0 aliphatic carbocycles. The number of nitrogens with two attached hydrogens (primary N) is 1. The zero-order valence-electron chi connectivity index (χ0n) is 7.59. The summed E-state index contributed by atoms with van der Waals surface area (Å²) < 4.78 is 1.09. The van der Waals surface area contributed by atoms with E-state index >= 15 is 0 Å². The molecule has 4 heteroatoms. The predicted octanol–water partition coefficient (Wildman–Crippen LogP) is 2.11. The Kier molecular flexibility index (Phi) is 3.91. The third kappa shape index (κ3) is 2.53. The highest BCUT2D eigenvalue weighted by Gasteiger charge is 2.25. The molecule has 0 amide bonds. The van der Waals surface area contributed by atoms with Gasteiger partial charge in [-0.3, -0.25) is 0 Å². The summed E-state index contributed by atoms with van der Waals surface area (Å²) in [5.74, 6) is 0. The Labute approximate surface area is 90.9 Å². The fourth-order valence-electron chi connectivity index (χ4n) is 1.20. The first-order valence-corrected chi connectivity index (χ1v) is 5.85. The highest BCUT2D eigenvalue weighted by molar-refractivity contribution is 9.10. The number of hydrogen-bond acceptors (Lipinski definition) is 3. The van der Waals surface area contributed by atoms with Gasteiger partial charge in [0.1, 0.15) is 0 Å². The van der Waals surface area contributed by atoms with Gasteiger partial charge >= 0.3 is 0 Å². The number of thiophene rings is 1. The molecule has 0 spiro atoms. The van der Waals surface area contributed by atoms with Gasteiger partial charge in [0.25, 0.3) is 0 Å². The molecule has 0 aliphatic rings. The lowest BCUT2D eigenvalue weighted by atomic mass is 9.85. The summed E-state index contributed by atoms with van der Waals surface area (Å²) in [6.45, 7) is 2.84. The molecular weight excluding hydrogens is 250 g/mol. The zero-order valence-corrected chi connectivity index (χ0v) is 9.99. The van der Waals surface area contributed by atoms with Gasteiger partial charge in [-0.15, -0.1) is 11.3 Å². The van der Waals surface area contributed by atoms with Gasteiger partial charge in [0.2, 0.25) is 0 Å². The summed E-state index contributed by atoms with van der Waals surface area (Å²) in [4.78, 5) is 1.23. The molecule has 1 heterocycles. The van der Waals surface area contributed by atoms with Crippen LogP contribution in [-0.4, -0.2) is 18.3 Å². The van der Waals surface area contributed by atoms with Crippen molar-refractivity contribution in [1.82, 2.24) is 0 Å². The highest BCUT2D eigenvalue weighted by atomic mass is 79.9. The molecule has 0 aliphatic heterocycles. The summed E-state index contributed by atoms with van der Waals surface area (Å²) in [7, 11) is 0. The fraction of sp³-hybridized carbons (Fsp3) is 0.556. The van der Waals surface area contributed by atoms with Gasteiger partial charge in [-0.2, -0.15) is 0 Å². The summed E-state index contributed by atoms with van der Waals surface area (Å²) in [6.07, 6.45) is 0.719. The van der Waals surface area contributed by atoms with E-state index in [2.05, 4.69) is 28.9 Å². The van der Waals surface area contributed by atoms with Crippen molar-refractivity contribution in [3.05, 3.63) is 20.8 Å². The van der Waals surface area contributed by atoms with Gasteiger partial charge < -0.3 is 10.8 Å². The van der Waals surface area contributed by atoms with Gasteiger partial charge in [-0.25, -0.2) is 0 Å². The Bertz CT molecular complexity index is 276. The summed E-state index contributed by atoms with van der Waals surface area (Å²) in [6, 6.07) is 2.08. The van der Waals surface area contributed by atoms with Gasteiger partial charge in [0.05, 0.1) is 0 Å². The second-order valence-corrected chi connectivity index (χ2v) is 5.19. The van der Waals surface area contributed by atoms with Crippen LogP contribution in [0.2, 0.25) is 0 Å². The lowest BCUT2D eigenvalue weighted by molar-refractivity contribution is 0.248. The minimum atomic E-state index is -0.0779. The fourth-order valence-corrected chi connectivity index (χ4v) is 2.84. The molecule has 0 bridgehead atoms. The van der Waals surface area contributed by atoms with Gasteiger partial charge in [0.15, 0.2) is 0 Å². The molecule has 0 fully saturated rings. The van der Waals surface area contributed by atoms with Crippen molar-refractivity contribution in [3.63, 3.8) is 0 Å². The SMILES string of the molecule is CC(CN)(CCO)c1cc(Br)cs1. The van der Waals surface area contributed by atoms with E-state index in [9.17, 15) is 0 Å². The molecule has 74 valence electrons. The van der Waals surface area contributed by atoms with Crippen LogP contribution in [0.25, 0.3) is 0 Å². The van der Waals surface area contributed by atoms with Crippen molar-refractivity contribution < 1.29 is 5.11 Å². The van der Waals surface area contributed by atoms with Crippen LogP contribution in [0.5, 0.6) is 0 Å². The summed E-state index contributed by atoms with van der Waals surface area (Å²) >= 11 is 5.10. The number of aliphatic hydroxyl groups excluding tert-OH is 1. The first kappa shape index (κ1) is 11.2. The molecule has 0 saturated heterocycles. The van der Waals surface area contributed by atoms with Crippen LogP contribution in [0, 0.1) is 0 Å². The molecule has 2 nitrogen and oxygen atoms in total. The van der Waals surface area contributed by atoms with Gasteiger partial charge in [0, 0.05) is 33.3 Å². The number of rotatable bonds is 4. The molecular formula is C9H14BrNOS. The highest BCUT2D eigenvalue weighted by Crippen LogP contribution is 2.33. The molecule has 1 aromatic heterocycles. The first-order valence-electron chi connectivity index (χ1n) is 4.18. The maximum atomic E-state index is 8.94. The van der Waals surface area contributed by atoms with Crippen LogP contribution in [0.4, 0.5) is 0 Å². The van der Waals surface area contributed by atoms with Crippen molar-refractivity contribution in [2.24, 2.45) is 5.73 Å². The van der Waals surface area contributed by atoms with Crippen molar-refractivity contribution >= 4 is 27.3 Å². The van der Waals surface area contributed by atoms with E-state index in [4.69, 9.17) is 10.8 Å². The molecule has 0 aromatic carbocycles. The smallest absolute Gasteiger partial charge is 0.0440 e. The minimum absolute atomic E-state index is 0.0779. The van der Waals surface area contributed by atoms with Crippen molar-refractivity contribution in [3.8, 4) is 0 Å². The number of halogens is 1. The van der Waals surface area contributed by atoms with E-state index in [-0.39, 0.29) is 12.0 Å². The van der Waals surface area contributed by atoms with Crippen LogP contribution in [0.1, 0.15) is 18.2 Å². The Morgan fingerprint density at radius 2 is 2.38 bits per heavy atom. The average molecular weight is 264 g/mol. The van der Waals surface area contributed by atoms with Crippen LogP contribution in [0.3, 0.4) is 0 Å². The summed E-state index contributed by atoms with van der Waals surface area (Å²) in [5, 5.41) is 11.0. The number of aliphatic hydroxyl groups is 1. The lowest BCUT2D eigenvalue weighted by Crippen LogP contribution is -2.31. The van der Waals surface area contributed by atoms with Gasteiger partial charge in [-0.1, -0.05) is 6.92 Å². The standard InChI is InChI=1S/C9H14BrNOS/c1-9(6-11,2-3-12)8-4-7(10)5-13-8/h4-5,12H,2-3,6,11H2,1H3. The maximum absolute atomic E-state index is 8.94. The quantitative estimate of drug-likeness (QED) is 0.874. The van der Waals surface area contributed by atoms with Crippen molar-refractivity contribution in [2.45, 2.75) is 18.8 Å². The van der Waals surface area contributed by atoms with Crippen LogP contribution >= 0.6 is 27.3 Å². The van der Waals surface area contributed by atoms with Crippen LogP contribution in [0.15, 0.2) is 15.9 Å². The molecule has 1 rings (SSSR count). The van der Waals surface area contributed by atoms with E-state index in [1.807, 2.05) is 5.38 Å². The molecule has 3 N–H and O–H groups in total. The predicted molar refractivity (Wildman–Crippen MR) is 60.1 cm³/mol. The monoisotopic (exact) mass is 263 g/mol. The van der Waals surface area contributed by atoms with E-state index in [0.29, 0.717) is 6.54 Å². The Balaban J connectivity index is 2.88. The second-order valence-electron chi connectivity index (χ2n) is 3.37. The Morgan fingerprint density at radius 1 is 1.69 bits per heavy atom.